The van der Waals surface area contributed by atoms with Crippen molar-refractivity contribution in [2.45, 2.75) is 24.8 Å². The average molecular weight is 272 g/mol. The topological polar surface area (TPSA) is 71.1 Å². The maximum Gasteiger partial charge on any atom is 0.249 e. The van der Waals surface area contributed by atoms with Crippen molar-refractivity contribution in [1.82, 2.24) is 10.3 Å². The lowest BCUT2D eigenvalue weighted by atomic mass is 10.1. The summed E-state index contributed by atoms with van der Waals surface area (Å²) in [4.78, 5) is 26.4. The molecule has 0 spiro atoms. The number of anilines is 1. The van der Waals surface area contributed by atoms with Crippen molar-refractivity contribution in [3.63, 3.8) is 0 Å². The summed E-state index contributed by atoms with van der Waals surface area (Å²) in [7, 11) is 0. The van der Waals surface area contributed by atoms with Gasteiger partial charge < -0.3 is 5.32 Å². The molecule has 18 heavy (non-hydrogen) atoms. The Labute approximate surface area is 108 Å². The third kappa shape index (κ3) is 2.76. The SMILES string of the molecule is O=C1CCC(Nc2ncc(F)cc2CCl)C(=O)N1. The second kappa shape index (κ2) is 5.30. The monoisotopic (exact) mass is 271 g/mol. The van der Waals surface area contributed by atoms with Crippen LogP contribution in [0.5, 0.6) is 0 Å². The number of pyridine rings is 1. The summed E-state index contributed by atoms with van der Waals surface area (Å²) >= 11 is 5.68. The lowest BCUT2D eigenvalue weighted by molar-refractivity contribution is -0.133. The van der Waals surface area contributed by atoms with Crippen molar-refractivity contribution in [3.8, 4) is 0 Å². The van der Waals surface area contributed by atoms with Gasteiger partial charge in [-0.25, -0.2) is 9.37 Å². The Kier molecular flexibility index (Phi) is 3.76. The minimum atomic E-state index is -0.553. The van der Waals surface area contributed by atoms with Crippen molar-refractivity contribution >= 4 is 29.2 Å². The minimum Gasteiger partial charge on any atom is -0.358 e. The van der Waals surface area contributed by atoms with E-state index >= 15 is 0 Å². The highest BCUT2D eigenvalue weighted by Gasteiger charge is 2.27. The zero-order valence-corrected chi connectivity index (χ0v) is 10.1. The van der Waals surface area contributed by atoms with E-state index in [4.69, 9.17) is 11.6 Å². The number of carbonyl (C=O) groups is 2. The molecule has 2 N–H and O–H groups in total. The standard InChI is InChI=1S/C11H11ClFN3O2/c12-4-6-3-7(13)5-14-10(6)15-8-1-2-9(17)16-11(8)18/h3,5,8H,1-2,4H2,(H,14,15)(H,16,17,18). The second-order valence-electron chi connectivity index (χ2n) is 3.94. The molecule has 1 saturated heterocycles. The molecule has 1 aliphatic heterocycles. The summed E-state index contributed by atoms with van der Waals surface area (Å²) in [6.45, 7) is 0. The van der Waals surface area contributed by atoms with Gasteiger partial charge >= 0.3 is 0 Å². The van der Waals surface area contributed by atoms with Gasteiger partial charge in [0, 0.05) is 12.0 Å². The summed E-state index contributed by atoms with van der Waals surface area (Å²) in [5.41, 5.74) is 0.473. The van der Waals surface area contributed by atoms with Gasteiger partial charge in [0.25, 0.3) is 0 Å². The first-order valence-electron chi connectivity index (χ1n) is 5.41. The molecule has 1 unspecified atom stereocenters. The van der Waals surface area contributed by atoms with Crippen molar-refractivity contribution in [2.75, 3.05) is 5.32 Å². The summed E-state index contributed by atoms with van der Waals surface area (Å²) in [5, 5.41) is 5.09. The number of rotatable bonds is 3. The Morgan fingerprint density at radius 2 is 2.33 bits per heavy atom. The largest absolute Gasteiger partial charge is 0.358 e. The van der Waals surface area contributed by atoms with Crippen LogP contribution in [0, 0.1) is 5.82 Å². The molecular weight excluding hydrogens is 261 g/mol. The van der Waals surface area contributed by atoms with Crippen LogP contribution in [0.4, 0.5) is 10.2 Å². The van der Waals surface area contributed by atoms with Crippen LogP contribution in [0.2, 0.25) is 0 Å². The summed E-state index contributed by atoms with van der Waals surface area (Å²) < 4.78 is 13.0. The van der Waals surface area contributed by atoms with E-state index in [1.165, 1.54) is 6.07 Å². The van der Waals surface area contributed by atoms with E-state index in [0.29, 0.717) is 17.8 Å². The Bertz CT molecular complexity index is 495. The Morgan fingerprint density at radius 3 is 3.00 bits per heavy atom. The Balaban J connectivity index is 2.14. The number of nitrogens with one attached hydrogen (secondary N) is 2. The minimum absolute atomic E-state index is 0.0837. The molecule has 0 bridgehead atoms. The summed E-state index contributed by atoms with van der Waals surface area (Å²) in [5.74, 6) is -0.735. The molecule has 1 aromatic heterocycles. The molecule has 2 amide bonds. The van der Waals surface area contributed by atoms with Crippen LogP contribution >= 0.6 is 11.6 Å². The predicted octanol–water partition coefficient (Wildman–Crippen LogP) is 1.18. The van der Waals surface area contributed by atoms with Crippen molar-refractivity contribution in [1.29, 1.82) is 0 Å². The molecule has 1 atom stereocenters. The maximum absolute atomic E-state index is 13.0. The number of halogens is 2. The van der Waals surface area contributed by atoms with Crippen molar-refractivity contribution in [3.05, 3.63) is 23.6 Å². The normalized spacial score (nSPS) is 19.6. The molecule has 0 aromatic carbocycles. The van der Waals surface area contributed by atoms with Crippen molar-refractivity contribution < 1.29 is 14.0 Å². The number of aromatic nitrogens is 1. The smallest absolute Gasteiger partial charge is 0.249 e. The lowest BCUT2D eigenvalue weighted by Gasteiger charge is -2.23. The highest BCUT2D eigenvalue weighted by Crippen LogP contribution is 2.19. The first-order chi connectivity index (χ1) is 8.60. The van der Waals surface area contributed by atoms with E-state index in [1.807, 2.05) is 0 Å². The van der Waals surface area contributed by atoms with Crippen LogP contribution < -0.4 is 10.6 Å². The van der Waals surface area contributed by atoms with Crippen molar-refractivity contribution in [2.24, 2.45) is 0 Å². The third-order valence-corrected chi connectivity index (χ3v) is 2.92. The molecule has 2 rings (SSSR count). The number of imide groups is 1. The van der Waals surface area contributed by atoms with E-state index in [2.05, 4.69) is 15.6 Å². The average Bonchev–Trinajstić information content (AvgIpc) is 2.34. The fraction of sp³-hybridized carbons (Fsp3) is 0.364. The lowest BCUT2D eigenvalue weighted by Crippen LogP contribution is -2.47. The van der Waals surface area contributed by atoms with Crippen LogP contribution in [0.3, 0.4) is 0 Å². The molecule has 5 nitrogen and oxygen atoms in total. The van der Waals surface area contributed by atoms with Crippen LogP contribution in [0.1, 0.15) is 18.4 Å². The van der Waals surface area contributed by atoms with Crippen LogP contribution in [0.15, 0.2) is 12.3 Å². The molecule has 1 aliphatic rings. The van der Waals surface area contributed by atoms with Crippen LogP contribution in [0.25, 0.3) is 0 Å². The molecule has 7 heteroatoms. The number of piperidine rings is 1. The van der Waals surface area contributed by atoms with Crippen LogP contribution in [-0.2, 0) is 15.5 Å². The van der Waals surface area contributed by atoms with E-state index in [-0.39, 0.29) is 18.2 Å². The molecule has 1 fully saturated rings. The maximum atomic E-state index is 13.0. The fourth-order valence-electron chi connectivity index (χ4n) is 1.71. The first-order valence-corrected chi connectivity index (χ1v) is 5.94. The van der Waals surface area contributed by atoms with Gasteiger partial charge in [-0.15, -0.1) is 11.6 Å². The van der Waals surface area contributed by atoms with Gasteiger partial charge in [-0.2, -0.15) is 0 Å². The van der Waals surface area contributed by atoms with E-state index < -0.39 is 17.8 Å². The molecule has 0 radical (unpaired) electrons. The van der Waals surface area contributed by atoms with Gasteiger partial charge in [-0.3, -0.25) is 14.9 Å². The summed E-state index contributed by atoms with van der Waals surface area (Å²) in [6, 6.07) is 0.705. The Hall–Kier alpha value is -1.69. The number of alkyl halides is 1. The third-order valence-electron chi connectivity index (χ3n) is 2.63. The van der Waals surface area contributed by atoms with Gasteiger partial charge in [0.15, 0.2) is 0 Å². The number of hydrogen-bond acceptors (Lipinski definition) is 4. The van der Waals surface area contributed by atoms with Gasteiger partial charge in [0.2, 0.25) is 11.8 Å². The quantitative estimate of drug-likeness (QED) is 0.640. The highest BCUT2D eigenvalue weighted by molar-refractivity contribution is 6.17. The molecule has 2 heterocycles. The molecule has 96 valence electrons. The number of nitrogens with zero attached hydrogens (tertiary/aromatic N) is 1. The second-order valence-corrected chi connectivity index (χ2v) is 4.21. The number of hydrogen-bond donors (Lipinski definition) is 2. The van der Waals surface area contributed by atoms with E-state index in [9.17, 15) is 14.0 Å². The van der Waals surface area contributed by atoms with Crippen LogP contribution in [-0.4, -0.2) is 22.8 Å². The Morgan fingerprint density at radius 1 is 1.56 bits per heavy atom. The summed E-state index contributed by atoms with van der Waals surface area (Å²) in [6.07, 6.45) is 1.69. The first kappa shape index (κ1) is 12.8. The highest BCUT2D eigenvalue weighted by atomic mass is 35.5. The molecular formula is C11H11ClFN3O2. The van der Waals surface area contributed by atoms with Gasteiger partial charge in [0.1, 0.15) is 17.7 Å². The molecule has 0 saturated carbocycles. The fourth-order valence-corrected chi connectivity index (χ4v) is 1.91. The van der Waals surface area contributed by atoms with E-state index in [1.54, 1.807) is 0 Å². The van der Waals surface area contributed by atoms with E-state index in [0.717, 1.165) is 6.20 Å². The van der Waals surface area contributed by atoms with Gasteiger partial charge in [0.05, 0.1) is 12.1 Å². The predicted molar refractivity (Wildman–Crippen MR) is 63.5 cm³/mol. The molecule has 0 aliphatic carbocycles. The van der Waals surface area contributed by atoms with Gasteiger partial charge in [-0.05, 0) is 12.5 Å². The molecule has 1 aromatic rings. The van der Waals surface area contributed by atoms with Gasteiger partial charge in [-0.1, -0.05) is 0 Å². The zero-order valence-electron chi connectivity index (χ0n) is 9.37. The number of carbonyl (C=O) groups excluding carboxylic acids is 2. The number of amides is 2. The zero-order chi connectivity index (χ0) is 13.1.